The highest BCUT2D eigenvalue weighted by atomic mass is 16.4. The van der Waals surface area contributed by atoms with Gasteiger partial charge in [-0.3, -0.25) is 4.79 Å². The third kappa shape index (κ3) is 3.59. The third-order valence-electron chi connectivity index (χ3n) is 4.49. The fourth-order valence-corrected chi connectivity index (χ4v) is 3.19. The van der Waals surface area contributed by atoms with Crippen molar-refractivity contribution in [2.75, 3.05) is 0 Å². The van der Waals surface area contributed by atoms with Crippen molar-refractivity contribution in [2.24, 2.45) is 0 Å². The third-order valence-corrected chi connectivity index (χ3v) is 4.49. The molecule has 0 fully saturated rings. The molecule has 132 valence electrons. The second-order valence-electron chi connectivity index (χ2n) is 6.25. The SMILES string of the molecule is CCCc1ccc(C=O)n1Cc1ccc(-c2ccccc2C(=O)O)cc1. The maximum Gasteiger partial charge on any atom is 0.336 e. The van der Waals surface area contributed by atoms with Gasteiger partial charge in [-0.15, -0.1) is 0 Å². The van der Waals surface area contributed by atoms with E-state index in [9.17, 15) is 14.7 Å². The highest BCUT2D eigenvalue weighted by Crippen LogP contribution is 2.24. The van der Waals surface area contributed by atoms with Crippen molar-refractivity contribution < 1.29 is 14.7 Å². The fourth-order valence-electron chi connectivity index (χ4n) is 3.19. The molecule has 1 N–H and O–H groups in total. The molecule has 0 unspecified atom stereocenters. The molecule has 2 aromatic carbocycles. The number of benzene rings is 2. The molecule has 0 saturated heterocycles. The van der Waals surface area contributed by atoms with E-state index in [1.54, 1.807) is 12.1 Å². The Kier molecular flexibility index (Phi) is 5.32. The summed E-state index contributed by atoms with van der Waals surface area (Å²) < 4.78 is 2.04. The van der Waals surface area contributed by atoms with E-state index in [4.69, 9.17) is 0 Å². The van der Waals surface area contributed by atoms with E-state index in [0.29, 0.717) is 23.4 Å². The highest BCUT2D eigenvalue weighted by molar-refractivity contribution is 5.95. The van der Waals surface area contributed by atoms with Crippen LogP contribution in [0.2, 0.25) is 0 Å². The molecule has 26 heavy (non-hydrogen) atoms. The number of aromatic carboxylic acids is 1. The van der Waals surface area contributed by atoms with Gasteiger partial charge in [-0.05, 0) is 41.3 Å². The molecule has 0 spiro atoms. The van der Waals surface area contributed by atoms with Gasteiger partial charge in [0.25, 0.3) is 0 Å². The van der Waals surface area contributed by atoms with Crippen LogP contribution in [-0.4, -0.2) is 21.9 Å². The van der Waals surface area contributed by atoms with Crippen molar-refractivity contribution >= 4 is 12.3 Å². The van der Waals surface area contributed by atoms with E-state index in [2.05, 4.69) is 6.92 Å². The summed E-state index contributed by atoms with van der Waals surface area (Å²) in [7, 11) is 0. The summed E-state index contributed by atoms with van der Waals surface area (Å²) in [6.07, 6.45) is 2.84. The lowest BCUT2D eigenvalue weighted by Gasteiger charge is -2.12. The Labute approximate surface area is 152 Å². The molecule has 1 heterocycles. The van der Waals surface area contributed by atoms with E-state index >= 15 is 0 Å². The van der Waals surface area contributed by atoms with Crippen LogP contribution in [0, 0.1) is 0 Å². The van der Waals surface area contributed by atoms with Crippen molar-refractivity contribution in [3.8, 4) is 11.1 Å². The van der Waals surface area contributed by atoms with Gasteiger partial charge in [0.15, 0.2) is 6.29 Å². The number of hydrogen-bond acceptors (Lipinski definition) is 2. The average molecular weight is 347 g/mol. The molecule has 0 aliphatic heterocycles. The number of carbonyl (C=O) groups is 2. The Morgan fingerprint density at radius 2 is 1.77 bits per heavy atom. The Morgan fingerprint density at radius 1 is 1.04 bits per heavy atom. The summed E-state index contributed by atoms with van der Waals surface area (Å²) in [5.74, 6) is -0.933. The number of nitrogens with zero attached hydrogens (tertiary/aromatic N) is 1. The minimum atomic E-state index is -0.933. The Hall–Kier alpha value is -3.14. The summed E-state index contributed by atoms with van der Waals surface area (Å²) >= 11 is 0. The van der Waals surface area contributed by atoms with E-state index < -0.39 is 5.97 Å². The van der Waals surface area contributed by atoms with Crippen molar-refractivity contribution in [3.05, 3.63) is 83.2 Å². The van der Waals surface area contributed by atoms with Crippen LogP contribution < -0.4 is 0 Å². The molecule has 0 aliphatic carbocycles. The number of carboxylic acid groups (broad SMARTS) is 1. The molecule has 0 radical (unpaired) electrons. The van der Waals surface area contributed by atoms with Gasteiger partial charge < -0.3 is 9.67 Å². The van der Waals surface area contributed by atoms with Crippen LogP contribution in [0.1, 0.15) is 45.4 Å². The lowest BCUT2D eigenvalue weighted by molar-refractivity contribution is 0.0697. The first-order valence-corrected chi connectivity index (χ1v) is 8.69. The van der Waals surface area contributed by atoms with Gasteiger partial charge in [0.1, 0.15) is 0 Å². The molecule has 4 nitrogen and oxygen atoms in total. The Bertz CT molecular complexity index is 923. The predicted molar refractivity (Wildman–Crippen MR) is 102 cm³/mol. The highest BCUT2D eigenvalue weighted by Gasteiger charge is 2.11. The first kappa shape index (κ1) is 17.7. The van der Waals surface area contributed by atoms with Gasteiger partial charge in [-0.2, -0.15) is 0 Å². The summed E-state index contributed by atoms with van der Waals surface area (Å²) in [6.45, 7) is 2.74. The van der Waals surface area contributed by atoms with Crippen molar-refractivity contribution in [1.29, 1.82) is 0 Å². The summed E-state index contributed by atoms with van der Waals surface area (Å²) in [5, 5.41) is 9.36. The van der Waals surface area contributed by atoms with Crippen LogP contribution in [0.4, 0.5) is 0 Å². The molecule has 4 heteroatoms. The molecule has 0 aliphatic rings. The minimum absolute atomic E-state index is 0.291. The number of carbonyl (C=O) groups excluding carboxylic acids is 1. The van der Waals surface area contributed by atoms with Crippen LogP contribution in [0.25, 0.3) is 11.1 Å². The average Bonchev–Trinajstić information content (AvgIpc) is 3.04. The molecule has 3 rings (SSSR count). The van der Waals surface area contributed by atoms with Crippen LogP contribution in [0.5, 0.6) is 0 Å². The number of aryl methyl sites for hydroxylation is 1. The zero-order valence-electron chi connectivity index (χ0n) is 14.7. The molecule has 1 aromatic heterocycles. The van der Waals surface area contributed by atoms with Crippen molar-refractivity contribution in [1.82, 2.24) is 4.57 Å². The minimum Gasteiger partial charge on any atom is -0.478 e. The largest absolute Gasteiger partial charge is 0.478 e. The molecule has 3 aromatic rings. The van der Waals surface area contributed by atoms with Crippen LogP contribution in [-0.2, 0) is 13.0 Å². The molecular formula is C22H21NO3. The van der Waals surface area contributed by atoms with Gasteiger partial charge >= 0.3 is 5.97 Å². The number of hydrogen-bond donors (Lipinski definition) is 1. The second kappa shape index (κ2) is 7.83. The van der Waals surface area contributed by atoms with Gasteiger partial charge in [-0.1, -0.05) is 55.8 Å². The van der Waals surface area contributed by atoms with Gasteiger partial charge in [0, 0.05) is 12.2 Å². The van der Waals surface area contributed by atoms with Crippen LogP contribution in [0.3, 0.4) is 0 Å². The maximum absolute atomic E-state index is 11.4. The number of rotatable bonds is 7. The monoisotopic (exact) mass is 347 g/mol. The summed E-state index contributed by atoms with van der Waals surface area (Å²) in [4.78, 5) is 22.7. The fraction of sp³-hybridized carbons (Fsp3) is 0.182. The predicted octanol–water partition coefficient (Wildman–Crippen LogP) is 4.67. The van der Waals surface area contributed by atoms with Crippen molar-refractivity contribution in [3.63, 3.8) is 0 Å². The van der Waals surface area contributed by atoms with Gasteiger partial charge in [-0.25, -0.2) is 4.79 Å². The van der Waals surface area contributed by atoms with E-state index in [1.165, 1.54) is 0 Å². The van der Waals surface area contributed by atoms with E-state index in [-0.39, 0.29) is 0 Å². The zero-order chi connectivity index (χ0) is 18.5. The number of aldehydes is 1. The van der Waals surface area contributed by atoms with E-state index in [1.807, 2.05) is 53.1 Å². The Balaban J connectivity index is 1.89. The first-order valence-electron chi connectivity index (χ1n) is 8.69. The smallest absolute Gasteiger partial charge is 0.336 e. The zero-order valence-corrected chi connectivity index (χ0v) is 14.7. The first-order chi connectivity index (χ1) is 12.6. The van der Waals surface area contributed by atoms with Gasteiger partial charge in [0.2, 0.25) is 0 Å². The standard InChI is InChI=1S/C22H21NO3/c1-2-5-18-12-13-19(15-24)23(18)14-16-8-10-17(11-9-16)20-6-3-4-7-21(20)22(25)26/h3-4,6-13,15H,2,5,14H2,1H3,(H,25,26). The Morgan fingerprint density at radius 3 is 2.42 bits per heavy atom. The lowest BCUT2D eigenvalue weighted by atomic mass is 9.99. The number of carboxylic acids is 1. The maximum atomic E-state index is 11.4. The van der Waals surface area contributed by atoms with Crippen molar-refractivity contribution in [2.45, 2.75) is 26.3 Å². The lowest BCUT2D eigenvalue weighted by Crippen LogP contribution is -2.07. The summed E-state index contributed by atoms with van der Waals surface area (Å²) in [6, 6.07) is 18.7. The molecule has 0 amide bonds. The topological polar surface area (TPSA) is 59.3 Å². The quantitative estimate of drug-likeness (QED) is 0.632. The molecule has 0 atom stereocenters. The molecule has 0 bridgehead atoms. The normalized spacial score (nSPS) is 10.7. The van der Waals surface area contributed by atoms with Crippen LogP contribution >= 0.6 is 0 Å². The number of aromatic nitrogens is 1. The molecule has 0 saturated carbocycles. The second-order valence-corrected chi connectivity index (χ2v) is 6.25. The van der Waals surface area contributed by atoms with Crippen LogP contribution in [0.15, 0.2) is 60.7 Å². The van der Waals surface area contributed by atoms with E-state index in [0.717, 1.165) is 35.9 Å². The molecular weight excluding hydrogens is 326 g/mol. The summed E-state index contributed by atoms with van der Waals surface area (Å²) in [5.41, 5.74) is 4.75. The van der Waals surface area contributed by atoms with Gasteiger partial charge in [0.05, 0.1) is 11.3 Å².